The maximum absolute atomic E-state index is 13.7. The fourth-order valence-corrected chi connectivity index (χ4v) is 2.36. The molecular weight excluding hydrogens is 323 g/mol. The summed E-state index contributed by atoms with van der Waals surface area (Å²) in [6.45, 7) is 3.65. The van der Waals surface area contributed by atoms with E-state index in [1.54, 1.807) is 42.9 Å². The molecule has 128 valence electrons. The molecule has 6 nitrogen and oxygen atoms in total. The van der Waals surface area contributed by atoms with E-state index in [0.29, 0.717) is 17.1 Å². The van der Waals surface area contributed by atoms with E-state index in [2.05, 4.69) is 15.3 Å². The van der Waals surface area contributed by atoms with Crippen LogP contribution in [0, 0.1) is 19.7 Å². The molecule has 0 atom stereocenters. The molecule has 25 heavy (non-hydrogen) atoms. The number of para-hydroxylation sites is 1. The minimum absolute atomic E-state index is 0.0310. The fourth-order valence-electron chi connectivity index (χ4n) is 2.36. The predicted octanol–water partition coefficient (Wildman–Crippen LogP) is 3.47. The molecule has 1 aromatic carbocycles. The van der Waals surface area contributed by atoms with E-state index < -0.39 is 5.82 Å². The first kappa shape index (κ1) is 16.6. The zero-order valence-electron chi connectivity index (χ0n) is 13.9. The number of amides is 1. The van der Waals surface area contributed by atoms with Crippen LogP contribution in [0.1, 0.15) is 11.4 Å². The molecule has 0 spiro atoms. The van der Waals surface area contributed by atoms with Crippen molar-refractivity contribution in [2.45, 2.75) is 20.4 Å². The molecule has 0 saturated carbocycles. The molecule has 7 heteroatoms. The number of nitrogens with zero attached hydrogens (tertiary/aromatic N) is 3. The minimum Gasteiger partial charge on any atom is -0.421 e. The predicted molar refractivity (Wildman–Crippen MR) is 91.0 cm³/mol. The second kappa shape index (κ2) is 7.12. The van der Waals surface area contributed by atoms with E-state index in [0.717, 1.165) is 0 Å². The van der Waals surface area contributed by atoms with Gasteiger partial charge in [0.2, 0.25) is 5.91 Å². The topological polar surface area (TPSA) is 69.0 Å². The molecule has 1 amide bonds. The highest BCUT2D eigenvalue weighted by Gasteiger charge is 2.14. The lowest BCUT2D eigenvalue weighted by atomic mass is 10.3. The molecule has 3 aromatic rings. The van der Waals surface area contributed by atoms with Crippen molar-refractivity contribution < 1.29 is 13.9 Å². The van der Waals surface area contributed by atoms with Crippen molar-refractivity contribution in [3.05, 3.63) is 66.0 Å². The molecule has 0 unspecified atom stereocenters. The second-order valence-corrected chi connectivity index (χ2v) is 5.49. The summed E-state index contributed by atoms with van der Waals surface area (Å²) in [6.07, 6.45) is 3.61. The summed E-state index contributed by atoms with van der Waals surface area (Å²) in [4.78, 5) is 20.5. The summed E-state index contributed by atoms with van der Waals surface area (Å²) in [5, 5.41) is 2.80. The lowest BCUT2D eigenvalue weighted by Gasteiger charge is -2.13. The molecule has 2 aromatic heterocycles. The number of anilines is 1. The molecule has 0 aliphatic rings. The molecular formula is C18H17FN4O2. The first-order valence-electron chi connectivity index (χ1n) is 7.71. The van der Waals surface area contributed by atoms with E-state index >= 15 is 0 Å². The molecule has 0 radical (unpaired) electrons. The van der Waals surface area contributed by atoms with Gasteiger partial charge in [0.15, 0.2) is 11.6 Å². The Balaban J connectivity index is 1.76. The maximum Gasteiger partial charge on any atom is 0.322 e. The SMILES string of the molecule is Cc1nc(Oc2ccccc2F)nc(C)c1NC(=O)Cn1cccc1. The van der Waals surface area contributed by atoms with Gasteiger partial charge in [-0.15, -0.1) is 0 Å². The van der Waals surface area contributed by atoms with Crippen LogP contribution in [0.5, 0.6) is 11.8 Å². The Kier molecular flexibility index (Phi) is 4.74. The van der Waals surface area contributed by atoms with E-state index in [4.69, 9.17) is 4.74 Å². The maximum atomic E-state index is 13.7. The van der Waals surface area contributed by atoms with Crippen LogP contribution in [0.15, 0.2) is 48.8 Å². The summed E-state index contributed by atoms with van der Waals surface area (Å²) in [5.41, 5.74) is 1.61. The number of rotatable bonds is 5. The third-order valence-corrected chi connectivity index (χ3v) is 3.54. The molecule has 0 aliphatic carbocycles. The van der Waals surface area contributed by atoms with Crippen LogP contribution < -0.4 is 10.1 Å². The number of hydrogen-bond acceptors (Lipinski definition) is 4. The smallest absolute Gasteiger partial charge is 0.322 e. The Labute approximate surface area is 144 Å². The number of benzene rings is 1. The number of aryl methyl sites for hydroxylation is 2. The highest BCUT2D eigenvalue weighted by atomic mass is 19.1. The average molecular weight is 340 g/mol. The van der Waals surface area contributed by atoms with Gasteiger partial charge in [0.1, 0.15) is 6.54 Å². The third kappa shape index (κ3) is 4.00. The van der Waals surface area contributed by atoms with Gasteiger partial charge in [0.05, 0.1) is 17.1 Å². The molecule has 0 fully saturated rings. The number of carbonyl (C=O) groups excluding carboxylic acids is 1. The number of hydrogen-bond donors (Lipinski definition) is 1. The quantitative estimate of drug-likeness (QED) is 0.772. The molecule has 0 saturated heterocycles. The van der Waals surface area contributed by atoms with E-state index in [-0.39, 0.29) is 24.2 Å². The number of nitrogens with one attached hydrogen (secondary N) is 1. The van der Waals surface area contributed by atoms with Gasteiger partial charge in [-0.1, -0.05) is 12.1 Å². The summed E-state index contributed by atoms with van der Waals surface area (Å²) in [7, 11) is 0. The van der Waals surface area contributed by atoms with Crippen LogP contribution in [0.3, 0.4) is 0 Å². The number of halogens is 1. The summed E-state index contributed by atoms with van der Waals surface area (Å²) < 4.78 is 20.8. The molecule has 0 bridgehead atoms. The monoisotopic (exact) mass is 340 g/mol. The van der Waals surface area contributed by atoms with Crippen molar-refractivity contribution in [2.24, 2.45) is 0 Å². The third-order valence-electron chi connectivity index (χ3n) is 3.54. The lowest BCUT2D eigenvalue weighted by Crippen LogP contribution is -2.20. The molecule has 2 heterocycles. The van der Waals surface area contributed by atoms with Crippen molar-refractivity contribution in [1.82, 2.24) is 14.5 Å². The first-order valence-corrected chi connectivity index (χ1v) is 7.71. The van der Waals surface area contributed by atoms with Gasteiger partial charge in [0, 0.05) is 12.4 Å². The van der Waals surface area contributed by atoms with Crippen LogP contribution in [0.4, 0.5) is 10.1 Å². The van der Waals surface area contributed by atoms with E-state index in [1.165, 1.54) is 12.1 Å². The van der Waals surface area contributed by atoms with Gasteiger partial charge >= 0.3 is 6.01 Å². The highest BCUT2D eigenvalue weighted by Crippen LogP contribution is 2.25. The zero-order chi connectivity index (χ0) is 17.8. The molecule has 3 rings (SSSR count). The second-order valence-electron chi connectivity index (χ2n) is 5.49. The highest BCUT2D eigenvalue weighted by molar-refractivity contribution is 5.91. The number of ether oxygens (including phenoxy) is 1. The average Bonchev–Trinajstić information content (AvgIpc) is 3.06. The molecule has 1 N–H and O–H groups in total. The van der Waals surface area contributed by atoms with Crippen molar-refractivity contribution >= 4 is 11.6 Å². The van der Waals surface area contributed by atoms with Gasteiger partial charge < -0.3 is 14.6 Å². The van der Waals surface area contributed by atoms with Crippen LogP contribution in [0.2, 0.25) is 0 Å². The first-order chi connectivity index (χ1) is 12.0. The number of aromatic nitrogens is 3. The standard InChI is InChI=1S/C18H17FN4O2/c1-12-17(22-16(24)11-23-9-5-6-10-23)13(2)21-18(20-12)25-15-8-4-3-7-14(15)19/h3-10H,11H2,1-2H3,(H,22,24). The Hall–Kier alpha value is -3.22. The van der Waals surface area contributed by atoms with Crippen molar-refractivity contribution in [3.63, 3.8) is 0 Å². The van der Waals surface area contributed by atoms with Gasteiger partial charge in [-0.3, -0.25) is 4.79 Å². The fraction of sp³-hybridized carbons (Fsp3) is 0.167. The summed E-state index contributed by atoms with van der Waals surface area (Å²) in [6, 6.07) is 9.75. The van der Waals surface area contributed by atoms with Crippen LogP contribution >= 0.6 is 0 Å². The summed E-state index contributed by atoms with van der Waals surface area (Å²) >= 11 is 0. The van der Waals surface area contributed by atoms with Crippen molar-refractivity contribution in [1.29, 1.82) is 0 Å². The van der Waals surface area contributed by atoms with Gasteiger partial charge in [-0.25, -0.2) is 4.39 Å². The minimum atomic E-state index is -0.495. The van der Waals surface area contributed by atoms with Gasteiger partial charge in [-0.2, -0.15) is 9.97 Å². The Bertz CT molecular complexity index is 871. The van der Waals surface area contributed by atoms with Crippen molar-refractivity contribution in [2.75, 3.05) is 5.32 Å². The summed E-state index contributed by atoms with van der Waals surface area (Å²) in [5.74, 6) is -0.634. The van der Waals surface area contributed by atoms with Gasteiger partial charge in [0.25, 0.3) is 0 Å². The number of carbonyl (C=O) groups is 1. The zero-order valence-corrected chi connectivity index (χ0v) is 13.9. The lowest BCUT2D eigenvalue weighted by molar-refractivity contribution is -0.116. The van der Waals surface area contributed by atoms with E-state index in [1.807, 2.05) is 12.1 Å². The van der Waals surface area contributed by atoms with Crippen LogP contribution in [-0.4, -0.2) is 20.4 Å². The van der Waals surface area contributed by atoms with Crippen molar-refractivity contribution in [3.8, 4) is 11.8 Å². The Morgan fingerprint density at radius 3 is 2.40 bits per heavy atom. The normalized spacial score (nSPS) is 10.5. The Morgan fingerprint density at radius 2 is 1.76 bits per heavy atom. The van der Waals surface area contributed by atoms with Gasteiger partial charge in [-0.05, 0) is 38.1 Å². The van der Waals surface area contributed by atoms with Crippen LogP contribution in [-0.2, 0) is 11.3 Å². The molecule has 0 aliphatic heterocycles. The van der Waals surface area contributed by atoms with Crippen LogP contribution in [0.25, 0.3) is 0 Å². The van der Waals surface area contributed by atoms with E-state index in [9.17, 15) is 9.18 Å². The largest absolute Gasteiger partial charge is 0.421 e. The Morgan fingerprint density at radius 1 is 1.12 bits per heavy atom.